The van der Waals surface area contributed by atoms with Crippen molar-refractivity contribution in [2.45, 2.75) is 88.4 Å². The van der Waals surface area contributed by atoms with Crippen LogP contribution < -0.4 is 5.32 Å². The molecule has 0 aromatic heterocycles. The lowest BCUT2D eigenvalue weighted by molar-refractivity contribution is -0.0211. The van der Waals surface area contributed by atoms with Crippen molar-refractivity contribution in [3.63, 3.8) is 0 Å². The number of hydrogen-bond donors (Lipinski definition) is 1. The molecule has 4 heteroatoms. The number of fused-ring (bicyclic) bond motifs is 2. The summed E-state index contributed by atoms with van der Waals surface area (Å²) in [5.41, 5.74) is 0.601. The normalized spacial score (nSPS) is 30.8. The molecule has 136 valence electrons. The fourth-order valence-electron chi connectivity index (χ4n) is 5.42. The number of hydrogen-bond acceptors (Lipinski definition) is 2. The molecule has 2 saturated heterocycles. The Balaban J connectivity index is 1.43. The summed E-state index contributed by atoms with van der Waals surface area (Å²) < 4.78 is 0. The lowest BCUT2D eigenvalue weighted by Gasteiger charge is -2.53. The largest absolute Gasteiger partial charge is 0.349 e. The van der Waals surface area contributed by atoms with Crippen LogP contribution in [0.2, 0.25) is 5.02 Å². The molecule has 1 aromatic carbocycles. The summed E-state index contributed by atoms with van der Waals surface area (Å²) in [5.74, 6) is -0.0141. The first-order valence-corrected chi connectivity index (χ1v) is 10.4. The molecule has 1 saturated carbocycles. The molecule has 1 aromatic rings. The van der Waals surface area contributed by atoms with Gasteiger partial charge in [-0.05, 0) is 50.7 Å². The molecule has 0 spiro atoms. The van der Waals surface area contributed by atoms with Gasteiger partial charge in [0, 0.05) is 24.2 Å². The molecule has 3 aliphatic rings. The second-order valence-electron chi connectivity index (χ2n) is 8.10. The Hall–Kier alpha value is -1.06. The van der Waals surface area contributed by atoms with Gasteiger partial charge in [0.2, 0.25) is 0 Å². The Bertz CT molecular complexity index is 600. The molecule has 1 N–H and O–H groups in total. The summed E-state index contributed by atoms with van der Waals surface area (Å²) >= 11 is 6.19. The van der Waals surface area contributed by atoms with E-state index >= 15 is 0 Å². The van der Waals surface area contributed by atoms with Crippen molar-refractivity contribution in [1.82, 2.24) is 10.2 Å². The predicted octanol–water partition coefficient (Wildman–Crippen LogP) is 4.79. The predicted molar refractivity (Wildman–Crippen MR) is 102 cm³/mol. The van der Waals surface area contributed by atoms with Gasteiger partial charge in [0.05, 0.1) is 10.6 Å². The van der Waals surface area contributed by atoms with E-state index in [-0.39, 0.29) is 5.91 Å². The minimum absolute atomic E-state index is 0.0141. The van der Waals surface area contributed by atoms with Gasteiger partial charge in [-0.15, -0.1) is 0 Å². The number of carbonyl (C=O) groups excluding carboxylic acids is 1. The van der Waals surface area contributed by atoms with E-state index in [4.69, 9.17) is 11.6 Å². The fraction of sp³-hybridized carbons (Fsp3) is 0.667. The average Bonchev–Trinajstić information content (AvgIpc) is 2.62. The first kappa shape index (κ1) is 17.4. The minimum atomic E-state index is -0.0141. The lowest BCUT2D eigenvalue weighted by atomic mass is 9.78. The second kappa shape index (κ2) is 7.67. The highest BCUT2D eigenvalue weighted by Crippen LogP contribution is 2.39. The molecule has 2 heterocycles. The number of amides is 1. The monoisotopic (exact) mass is 360 g/mol. The summed E-state index contributed by atoms with van der Waals surface area (Å²) in [6.07, 6.45) is 13.1. The Morgan fingerprint density at radius 1 is 0.920 bits per heavy atom. The van der Waals surface area contributed by atoms with Crippen molar-refractivity contribution < 1.29 is 4.79 Å². The van der Waals surface area contributed by atoms with Crippen LogP contribution in [0.25, 0.3) is 0 Å². The van der Waals surface area contributed by atoms with Gasteiger partial charge < -0.3 is 5.32 Å². The lowest BCUT2D eigenvalue weighted by Crippen LogP contribution is -2.60. The van der Waals surface area contributed by atoms with E-state index in [1.807, 2.05) is 18.2 Å². The average molecular weight is 361 g/mol. The quantitative estimate of drug-likeness (QED) is 0.840. The van der Waals surface area contributed by atoms with E-state index in [2.05, 4.69) is 10.2 Å². The Kier molecular flexibility index (Phi) is 5.33. The van der Waals surface area contributed by atoms with Crippen LogP contribution in [0.15, 0.2) is 24.3 Å². The molecule has 2 atom stereocenters. The topological polar surface area (TPSA) is 32.3 Å². The van der Waals surface area contributed by atoms with Crippen molar-refractivity contribution in [2.75, 3.05) is 0 Å². The summed E-state index contributed by atoms with van der Waals surface area (Å²) in [4.78, 5) is 15.5. The summed E-state index contributed by atoms with van der Waals surface area (Å²) in [7, 11) is 0. The number of rotatable bonds is 3. The minimum Gasteiger partial charge on any atom is -0.349 e. The zero-order chi connectivity index (χ0) is 17.2. The molecule has 3 fully saturated rings. The summed E-state index contributed by atoms with van der Waals surface area (Å²) in [6, 6.07) is 9.75. The van der Waals surface area contributed by atoms with E-state index in [0.717, 1.165) is 18.9 Å². The maximum absolute atomic E-state index is 12.6. The van der Waals surface area contributed by atoms with Gasteiger partial charge >= 0.3 is 0 Å². The van der Waals surface area contributed by atoms with Gasteiger partial charge in [-0.2, -0.15) is 0 Å². The highest BCUT2D eigenvalue weighted by molar-refractivity contribution is 6.33. The first-order chi connectivity index (χ1) is 12.2. The highest BCUT2D eigenvalue weighted by Gasteiger charge is 2.42. The van der Waals surface area contributed by atoms with Gasteiger partial charge in [0.15, 0.2) is 0 Å². The van der Waals surface area contributed by atoms with Crippen LogP contribution in [0.5, 0.6) is 0 Å². The molecular weight excluding hydrogens is 332 g/mol. The van der Waals surface area contributed by atoms with Crippen molar-refractivity contribution in [1.29, 1.82) is 0 Å². The van der Waals surface area contributed by atoms with Crippen molar-refractivity contribution >= 4 is 17.5 Å². The number of halogens is 1. The van der Waals surface area contributed by atoms with Crippen LogP contribution in [0.3, 0.4) is 0 Å². The number of piperidine rings is 2. The second-order valence-corrected chi connectivity index (χ2v) is 8.51. The zero-order valence-corrected chi connectivity index (χ0v) is 15.7. The molecular formula is C21H29ClN2O. The van der Waals surface area contributed by atoms with Crippen LogP contribution in [0.1, 0.15) is 74.6 Å². The molecule has 2 aliphatic heterocycles. The van der Waals surface area contributed by atoms with Crippen molar-refractivity contribution in [3.05, 3.63) is 34.9 Å². The van der Waals surface area contributed by atoms with Gasteiger partial charge in [-0.3, -0.25) is 9.69 Å². The van der Waals surface area contributed by atoms with Crippen LogP contribution in [-0.2, 0) is 0 Å². The van der Waals surface area contributed by atoms with Gasteiger partial charge in [-0.1, -0.05) is 49.4 Å². The van der Waals surface area contributed by atoms with Crippen molar-refractivity contribution in [3.8, 4) is 0 Å². The maximum atomic E-state index is 12.6. The molecule has 2 bridgehead atoms. The molecule has 0 radical (unpaired) electrons. The maximum Gasteiger partial charge on any atom is 0.253 e. The molecule has 25 heavy (non-hydrogen) atoms. The Morgan fingerprint density at radius 2 is 1.56 bits per heavy atom. The molecule has 3 nitrogen and oxygen atoms in total. The SMILES string of the molecule is O=C(NC1C[C@H]2CCC[C@H](C1)N2C1CCCCC1)c1ccccc1Cl. The smallest absolute Gasteiger partial charge is 0.253 e. The highest BCUT2D eigenvalue weighted by atomic mass is 35.5. The van der Waals surface area contributed by atoms with Crippen LogP contribution >= 0.6 is 11.6 Å². The number of nitrogens with zero attached hydrogens (tertiary/aromatic N) is 1. The molecule has 1 aliphatic carbocycles. The van der Waals surface area contributed by atoms with E-state index in [1.165, 1.54) is 51.4 Å². The van der Waals surface area contributed by atoms with E-state index in [9.17, 15) is 4.79 Å². The van der Waals surface area contributed by atoms with Crippen LogP contribution in [-0.4, -0.2) is 35.0 Å². The fourth-order valence-corrected chi connectivity index (χ4v) is 5.64. The number of carbonyl (C=O) groups is 1. The van der Waals surface area contributed by atoms with E-state index < -0.39 is 0 Å². The third kappa shape index (κ3) is 3.73. The van der Waals surface area contributed by atoms with Gasteiger partial charge in [-0.25, -0.2) is 0 Å². The van der Waals surface area contributed by atoms with Crippen LogP contribution in [0, 0.1) is 0 Å². The molecule has 0 unspecified atom stereocenters. The number of benzene rings is 1. The third-order valence-electron chi connectivity index (χ3n) is 6.48. The Morgan fingerprint density at radius 3 is 2.24 bits per heavy atom. The van der Waals surface area contributed by atoms with E-state index in [1.54, 1.807) is 6.07 Å². The van der Waals surface area contributed by atoms with Gasteiger partial charge in [0.25, 0.3) is 5.91 Å². The first-order valence-electron chi connectivity index (χ1n) is 10.0. The summed E-state index contributed by atoms with van der Waals surface area (Å²) in [6.45, 7) is 0. The standard InChI is InChI=1S/C21H29ClN2O/c22-20-12-5-4-11-19(20)21(25)23-15-13-17-9-6-10-18(14-15)24(17)16-7-2-1-3-8-16/h4-5,11-12,15-18H,1-3,6-10,13-14H2,(H,23,25)/t17-,18-/m1/s1. The third-order valence-corrected chi connectivity index (χ3v) is 6.81. The summed E-state index contributed by atoms with van der Waals surface area (Å²) in [5, 5.41) is 3.82. The zero-order valence-electron chi connectivity index (χ0n) is 14.9. The van der Waals surface area contributed by atoms with Crippen molar-refractivity contribution in [2.24, 2.45) is 0 Å². The Labute approximate surface area is 156 Å². The molecule has 1 amide bonds. The molecule has 4 rings (SSSR count). The van der Waals surface area contributed by atoms with Crippen LogP contribution in [0.4, 0.5) is 0 Å². The van der Waals surface area contributed by atoms with Gasteiger partial charge in [0.1, 0.15) is 0 Å². The number of nitrogens with one attached hydrogen (secondary N) is 1. The van der Waals surface area contributed by atoms with E-state index in [0.29, 0.717) is 28.7 Å².